The van der Waals surface area contributed by atoms with Crippen LogP contribution in [0.3, 0.4) is 0 Å². The minimum Gasteiger partial charge on any atom is -0.342 e. The van der Waals surface area contributed by atoms with Crippen LogP contribution in [0.25, 0.3) is 0 Å². The molecule has 3 aliphatic heterocycles. The number of carbonyl (C=O) groups excluding carboxylic acids is 2. The van der Waals surface area contributed by atoms with Crippen molar-refractivity contribution in [3.8, 4) is 12.3 Å². The molecule has 10 nitrogen and oxygen atoms in total. The van der Waals surface area contributed by atoms with Gasteiger partial charge in [-0.25, -0.2) is 5.48 Å². The number of rotatable bonds is 3. The monoisotopic (exact) mass is 505 g/mol. The highest BCUT2D eigenvalue weighted by Crippen LogP contribution is 2.33. The van der Waals surface area contributed by atoms with Crippen LogP contribution in [0, 0.1) is 41.5 Å². The number of hydrogen-bond donors (Lipinski definition) is 2. The number of nitrogens with one attached hydrogen (secondary N) is 1. The van der Waals surface area contributed by atoms with Crippen LogP contribution in [0.4, 0.5) is 0 Å². The Morgan fingerprint density at radius 3 is 2.30 bits per heavy atom. The lowest BCUT2D eigenvalue weighted by molar-refractivity contribution is -0.148. The van der Waals surface area contributed by atoms with Crippen LogP contribution in [0.1, 0.15) is 61.1 Å². The SMILES string of the molecule is Cc1cc(C#N)ccc1C1CCN(C(=O)[C@H]2CCN(/C(=N/C#N)N3CCCCC3)C[C@@H]2C(=O)NO)CC1. The highest BCUT2D eigenvalue weighted by molar-refractivity contribution is 5.89. The van der Waals surface area contributed by atoms with E-state index in [4.69, 9.17) is 5.26 Å². The van der Waals surface area contributed by atoms with Gasteiger partial charge in [0.2, 0.25) is 24.0 Å². The average molecular weight is 506 g/mol. The number of aryl methyl sites for hydroxylation is 1. The van der Waals surface area contributed by atoms with Gasteiger partial charge in [-0.1, -0.05) is 6.07 Å². The zero-order chi connectivity index (χ0) is 26.4. The highest BCUT2D eigenvalue weighted by Gasteiger charge is 2.42. The fourth-order valence-electron chi connectivity index (χ4n) is 6.11. The summed E-state index contributed by atoms with van der Waals surface area (Å²) in [5, 5.41) is 27.9. The summed E-state index contributed by atoms with van der Waals surface area (Å²) < 4.78 is 0. The summed E-state index contributed by atoms with van der Waals surface area (Å²) in [4.78, 5) is 36.2. The lowest BCUT2D eigenvalue weighted by atomic mass is 9.82. The van der Waals surface area contributed by atoms with Crippen LogP contribution in [0.2, 0.25) is 0 Å². The Balaban J connectivity index is 1.43. The average Bonchev–Trinajstić information content (AvgIpc) is 2.95. The Morgan fingerprint density at radius 1 is 0.973 bits per heavy atom. The normalized spacial score (nSPS) is 23.2. The Bertz CT molecular complexity index is 1110. The molecule has 3 saturated heterocycles. The number of carbonyl (C=O) groups is 2. The topological polar surface area (TPSA) is 136 Å². The lowest BCUT2D eigenvalue weighted by Crippen LogP contribution is -2.57. The molecule has 0 bridgehead atoms. The number of hydroxylamine groups is 1. The molecule has 3 heterocycles. The summed E-state index contributed by atoms with van der Waals surface area (Å²) >= 11 is 0. The predicted molar refractivity (Wildman–Crippen MR) is 136 cm³/mol. The van der Waals surface area contributed by atoms with E-state index in [2.05, 4.69) is 16.0 Å². The summed E-state index contributed by atoms with van der Waals surface area (Å²) in [6.07, 6.45) is 7.18. The Labute approximate surface area is 218 Å². The summed E-state index contributed by atoms with van der Waals surface area (Å²) in [7, 11) is 0. The third-order valence-corrected chi connectivity index (χ3v) is 8.09. The maximum absolute atomic E-state index is 13.6. The lowest BCUT2D eigenvalue weighted by Gasteiger charge is -2.43. The minimum atomic E-state index is -0.738. The van der Waals surface area contributed by atoms with E-state index in [9.17, 15) is 20.1 Å². The van der Waals surface area contributed by atoms with E-state index >= 15 is 0 Å². The van der Waals surface area contributed by atoms with Crippen molar-refractivity contribution in [3.63, 3.8) is 0 Å². The quantitative estimate of drug-likeness (QED) is 0.212. The van der Waals surface area contributed by atoms with Gasteiger partial charge in [-0.2, -0.15) is 10.5 Å². The summed E-state index contributed by atoms with van der Waals surface area (Å²) in [6, 6.07) is 7.96. The molecule has 1 aromatic rings. The Hall–Kier alpha value is -3.63. The van der Waals surface area contributed by atoms with E-state index in [1.165, 1.54) is 5.56 Å². The van der Waals surface area contributed by atoms with Crippen LogP contribution in [0.5, 0.6) is 0 Å². The van der Waals surface area contributed by atoms with Gasteiger partial charge in [0.15, 0.2) is 0 Å². The van der Waals surface area contributed by atoms with Gasteiger partial charge < -0.3 is 14.7 Å². The van der Waals surface area contributed by atoms with E-state index in [1.54, 1.807) is 5.48 Å². The molecule has 1 aromatic carbocycles. The summed E-state index contributed by atoms with van der Waals surface area (Å²) in [5.41, 5.74) is 4.73. The van der Waals surface area contributed by atoms with Gasteiger partial charge in [0.25, 0.3) is 0 Å². The van der Waals surface area contributed by atoms with E-state index in [0.717, 1.165) is 50.8 Å². The third-order valence-electron chi connectivity index (χ3n) is 8.09. The molecule has 0 spiro atoms. The maximum Gasteiger partial charge on any atom is 0.249 e. The largest absolute Gasteiger partial charge is 0.342 e. The van der Waals surface area contributed by atoms with E-state index in [0.29, 0.717) is 43.5 Å². The number of amides is 2. The molecule has 3 aliphatic rings. The van der Waals surface area contributed by atoms with E-state index in [-0.39, 0.29) is 12.5 Å². The first-order chi connectivity index (χ1) is 18.0. The fourth-order valence-corrected chi connectivity index (χ4v) is 6.11. The second kappa shape index (κ2) is 12.1. The summed E-state index contributed by atoms with van der Waals surface area (Å²) in [6.45, 7) is 5.59. The molecule has 10 heteroatoms. The van der Waals surface area contributed by atoms with Gasteiger partial charge in [0, 0.05) is 39.3 Å². The van der Waals surface area contributed by atoms with Crippen LogP contribution < -0.4 is 5.48 Å². The second-order valence-corrected chi connectivity index (χ2v) is 10.3. The van der Waals surface area contributed by atoms with Crippen LogP contribution in [-0.4, -0.2) is 76.9 Å². The molecule has 2 N–H and O–H groups in total. The van der Waals surface area contributed by atoms with Crippen molar-refractivity contribution in [2.45, 2.75) is 51.4 Å². The van der Waals surface area contributed by atoms with Crippen molar-refractivity contribution < 1.29 is 14.8 Å². The Kier molecular flexibility index (Phi) is 8.62. The highest BCUT2D eigenvalue weighted by atomic mass is 16.5. The zero-order valence-corrected chi connectivity index (χ0v) is 21.4. The van der Waals surface area contributed by atoms with E-state index in [1.807, 2.05) is 41.1 Å². The van der Waals surface area contributed by atoms with Gasteiger partial charge in [0.05, 0.1) is 23.5 Å². The number of nitriles is 2. The van der Waals surface area contributed by atoms with Crippen molar-refractivity contribution in [1.82, 2.24) is 20.2 Å². The first-order valence-electron chi connectivity index (χ1n) is 13.2. The van der Waals surface area contributed by atoms with Crippen LogP contribution >= 0.6 is 0 Å². The molecule has 0 saturated carbocycles. The van der Waals surface area contributed by atoms with Crippen molar-refractivity contribution in [1.29, 1.82) is 10.5 Å². The minimum absolute atomic E-state index is 0.0556. The number of guanidine groups is 1. The van der Waals surface area contributed by atoms with Crippen molar-refractivity contribution >= 4 is 17.8 Å². The number of likely N-dealkylation sites (tertiary alicyclic amines) is 3. The molecule has 3 fully saturated rings. The smallest absolute Gasteiger partial charge is 0.249 e. The molecule has 0 aromatic heterocycles. The van der Waals surface area contributed by atoms with Crippen LogP contribution in [-0.2, 0) is 9.59 Å². The number of piperidine rings is 3. The molecule has 196 valence electrons. The summed E-state index contributed by atoms with van der Waals surface area (Å²) in [5.74, 6) is -1.03. The van der Waals surface area contributed by atoms with Crippen molar-refractivity contribution in [3.05, 3.63) is 34.9 Å². The molecule has 2 amide bonds. The van der Waals surface area contributed by atoms with Crippen molar-refractivity contribution in [2.75, 3.05) is 39.3 Å². The maximum atomic E-state index is 13.6. The first-order valence-corrected chi connectivity index (χ1v) is 13.2. The van der Waals surface area contributed by atoms with E-state index < -0.39 is 17.7 Å². The molecule has 4 rings (SSSR count). The number of benzene rings is 1. The van der Waals surface area contributed by atoms with Crippen molar-refractivity contribution in [2.24, 2.45) is 16.8 Å². The third kappa shape index (κ3) is 5.86. The molecule has 0 unspecified atom stereocenters. The number of aliphatic imine (C=N–C) groups is 1. The van der Waals surface area contributed by atoms with Gasteiger partial charge in [-0.3, -0.25) is 14.8 Å². The van der Waals surface area contributed by atoms with Gasteiger partial charge in [-0.05, 0) is 74.6 Å². The Morgan fingerprint density at radius 2 is 1.68 bits per heavy atom. The molecule has 0 aliphatic carbocycles. The standard InChI is InChI=1S/C27H35N7O3/c1-19-15-20(16-28)5-6-22(19)21-7-12-32(13-8-21)26(36)23-9-14-34(17-24(23)25(35)31-37)27(30-18-29)33-10-3-2-4-11-33/h5-6,15,21,23-24,37H,2-4,7-14,17H2,1H3,(H,31,35)/b30-27+/t23-,24-/m0/s1. The number of nitrogens with zero attached hydrogens (tertiary/aromatic N) is 6. The first kappa shape index (κ1) is 26.4. The molecular formula is C27H35N7O3. The van der Waals surface area contributed by atoms with Gasteiger partial charge in [0.1, 0.15) is 0 Å². The molecule has 0 radical (unpaired) electrons. The number of hydrogen-bond acceptors (Lipinski definition) is 6. The zero-order valence-electron chi connectivity index (χ0n) is 21.4. The van der Waals surface area contributed by atoms with Gasteiger partial charge in [-0.15, -0.1) is 4.99 Å². The fraction of sp³-hybridized carbons (Fsp3) is 0.593. The predicted octanol–water partition coefficient (Wildman–Crippen LogP) is 2.34. The molecule has 37 heavy (non-hydrogen) atoms. The second-order valence-electron chi connectivity index (χ2n) is 10.3. The molecule has 2 atom stereocenters. The van der Waals surface area contributed by atoms with Gasteiger partial charge >= 0.3 is 0 Å². The molecular weight excluding hydrogens is 470 g/mol. The van der Waals surface area contributed by atoms with Crippen LogP contribution in [0.15, 0.2) is 23.2 Å².